The fourth-order valence-electron chi connectivity index (χ4n) is 2.78. The molecule has 1 heterocycles. The summed E-state index contributed by atoms with van der Waals surface area (Å²) in [5, 5.41) is 0.422. The van der Waals surface area contributed by atoms with Crippen LogP contribution in [0.2, 0.25) is 5.02 Å². The van der Waals surface area contributed by atoms with Gasteiger partial charge in [-0.2, -0.15) is 13.2 Å². The number of fused-ring (bicyclic) bond motifs is 1. The molecule has 2 aromatic carbocycles. The van der Waals surface area contributed by atoms with Crippen molar-refractivity contribution < 1.29 is 27.1 Å². The van der Waals surface area contributed by atoms with Crippen LogP contribution in [0.3, 0.4) is 0 Å². The first kappa shape index (κ1) is 20.1. The summed E-state index contributed by atoms with van der Waals surface area (Å²) >= 11 is 6.08. The zero-order chi connectivity index (χ0) is 20.6. The highest BCUT2D eigenvalue weighted by Gasteiger charge is 2.40. The maximum atomic E-state index is 13.6. The van der Waals surface area contributed by atoms with E-state index in [0.29, 0.717) is 28.5 Å². The van der Waals surface area contributed by atoms with E-state index in [4.69, 9.17) is 25.5 Å². The SMILES string of the molecule is CCOc1ccc2c(=O)c(Oc3cc(C)c(Cl)c(C)c3)c(C(F)(F)F)oc2c1. The molecule has 0 fully saturated rings. The molecule has 148 valence electrons. The minimum Gasteiger partial charge on any atom is -0.494 e. The summed E-state index contributed by atoms with van der Waals surface area (Å²) in [6.07, 6.45) is -4.93. The highest BCUT2D eigenvalue weighted by molar-refractivity contribution is 6.32. The zero-order valence-corrected chi connectivity index (χ0v) is 16.0. The predicted octanol–water partition coefficient (Wildman–Crippen LogP) is 6.27. The van der Waals surface area contributed by atoms with Crippen molar-refractivity contribution in [3.05, 3.63) is 62.5 Å². The van der Waals surface area contributed by atoms with Crippen LogP contribution in [0.25, 0.3) is 11.0 Å². The number of halogens is 4. The van der Waals surface area contributed by atoms with Crippen molar-refractivity contribution in [2.75, 3.05) is 6.61 Å². The summed E-state index contributed by atoms with van der Waals surface area (Å²) in [7, 11) is 0. The molecule has 0 bridgehead atoms. The molecule has 0 N–H and O–H groups in total. The molecule has 3 aromatic rings. The molecule has 8 heteroatoms. The third-order valence-corrected chi connectivity index (χ3v) is 4.62. The lowest BCUT2D eigenvalue weighted by atomic mass is 10.1. The monoisotopic (exact) mass is 412 g/mol. The van der Waals surface area contributed by atoms with Gasteiger partial charge in [-0.05, 0) is 56.2 Å². The molecule has 3 rings (SSSR count). The van der Waals surface area contributed by atoms with E-state index in [9.17, 15) is 18.0 Å². The Labute approximate surface area is 163 Å². The summed E-state index contributed by atoms with van der Waals surface area (Å²) in [6, 6.07) is 6.98. The smallest absolute Gasteiger partial charge is 0.453 e. The molecule has 0 aliphatic carbocycles. The Morgan fingerprint density at radius 2 is 1.71 bits per heavy atom. The van der Waals surface area contributed by atoms with Crippen molar-refractivity contribution in [3.8, 4) is 17.2 Å². The second-order valence-corrected chi connectivity index (χ2v) is 6.53. The van der Waals surface area contributed by atoms with Gasteiger partial charge in [-0.15, -0.1) is 0 Å². The molecule has 0 atom stereocenters. The van der Waals surface area contributed by atoms with Crippen molar-refractivity contribution in [1.82, 2.24) is 0 Å². The lowest BCUT2D eigenvalue weighted by molar-refractivity contribution is -0.154. The van der Waals surface area contributed by atoms with E-state index < -0.39 is 23.1 Å². The average Bonchev–Trinajstić information content (AvgIpc) is 2.61. The third kappa shape index (κ3) is 3.80. The maximum Gasteiger partial charge on any atom is 0.453 e. The van der Waals surface area contributed by atoms with Gasteiger partial charge in [-0.25, -0.2) is 0 Å². The molecular formula is C20H16ClF3O4. The number of benzene rings is 2. The topological polar surface area (TPSA) is 48.7 Å². The molecule has 0 radical (unpaired) electrons. The Kier molecular flexibility index (Phi) is 5.30. The van der Waals surface area contributed by atoms with Crippen molar-refractivity contribution in [2.45, 2.75) is 26.9 Å². The lowest BCUT2D eigenvalue weighted by Crippen LogP contribution is -2.15. The van der Waals surface area contributed by atoms with Crippen LogP contribution in [-0.2, 0) is 6.18 Å². The Morgan fingerprint density at radius 3 is 2.29 bits per heavy atom. The summed E-state index contributed by atoms with van der Waals surface area (Å²) < 4.78 is 56.3. The van der Waals surface area contributed by atoms with Crippen LogP contribution in [0.1, 0.15) is 23.8 Å². The first-order chi connectivity index (χ1) is 13.1. The van der Waals surface area contributed by atoms with E-state index in [1.54, 1.807) is 20.8 Å². The van der Waals surface area contributed by atoms with E-state index >= 15 is 0 Å². The fraction of sp³-hybridized carbons (Fsp3) is 0.250. The van der Waals surface area contributed by atoms with Crippen molar-refractivity contribution in [3.63, 3.8) is 0 Å². The van der Waals surface area contributed by atoms with Gasteiger partial charge in [0.25, 0.3) is 5.76 Å². The zero-order valence-electron chi connectivity index (χ0n) is 15.2. The van der Waals surface area contributed by atoms with Crippen LogP contribution in [0.15, 0.2) is 39.5 Å². The lowest BCUT2D eigenvalue weighted by Gasteiger charge is -2.14. The standard InChI is InChI=1S/C20H16ClF3O4/c1-4-26-12-5-6-14-15(9-12)28-19(20(22,23)24)18(17(14)25)27-13-7-10(2)16(21)11(3)8-13/h5-9H,4H2,1-3H3. The van der Waals surface area contributed by atoms with Crippen molar-refractivity contribution in [2.24, 2.45) is 0 Å². The molecule has 4 nitrogen and oxygen atoms in total. The molecule has 1 aromatic heterocycles. The number of hydrogen-bond acceptors (Lipinski definition) is 4. The first-order valence-corrected chi connectivity index (χ1v) is 8.75. The molecule has 0 unspecified atom stereocenters. The van der Waals surface area contributed by atoms with E-state index in [1.165, 1.54) is 30.3 Å². The fourth-order valence-corrected chi connectivity index (χ4v) is 2.88. The normalized spacial score (nSPS) is 11.7. The molecule has 28 heavy (non-hydrogen) atoms. The highest BCUT2D eigenvalue weighted by atomic mass is 35.5. The molecule has 0 aliphatic rings. The molecular weight excluding hydrogens is 397 g/mol. The van der Waals surface area contributed by atoms with Crippen molar-refractivity contribution >= 4 is 22.6 Å². The molecule has 0 saturated carbocycles. The van der Waals surface area contributed by atoms with Crippen LogP contribution in [0.4, 0.5) is 13.2 Å². The van der Waals surface area contributed by atoms with Crippen LogP contribution in [0, 0.1) is 13.8 Å². The number of ether oxygens (including phenoxy) is 2. The number of alkyl halides is 3. The number of hydrogen-bond donors (Lipinski definition) is 0. The minimum atomic E-state index is -4.93. The highest BCUT2D eigenvalue weighted by Crippen LogP contribution is 2.39. The molecule has 0 saturated heterocycles. The van der Waals surface area contributed by atoms with Gasteiger partial charge in [-0.1, -0.05) is 11.6 Å². The molecule has 0 spiro atoms. The van der Waals surface area contributed by atoms with E-state index in [2.05, 4.69) is 0 Å². The molecule has 0 amide bonds. The summed E-state index contributed by atoms with van der Waals surface area (Å²) in [5.74, 6) is -2.08. The van der Waals surface area contributed by atoms with E-state index in [1.807, 2.05) is 0 Å². The van der Waals surface area contributed by atoms with Gasteiger partial charge in [0.15, 0.2) is 0 Å². The van der Waals surface area contributed by atoms with Crippen LogP contribution in [0.5, 0.6) is 17.2 Å². The summed E-state index contributed by atoms with van der Waals surface area (Å²) in [4.78, 5) is 12.8. The quantitative estimate of drug-likeness (QED) is 0.506. The van der Waals surface area contributed by atoms with Gasteiger partial charge < -0.3 is 13.9 Å². The first-order valence-electron chi connectivity index (χ1n) is 8.37. The number of rotatable bonds is 4. The van der Waals surface area contributed by atoms with Gasteiger partial charge in [0.1, 0.15) is 17.1 Å². The van der Waals surface area contributed by atoms with Gasteiger partial charge in [0.2, 0.25) is 11.2 Å². The molecule has 0 aliphatic heterocycles. The van der Waals surface area contributed by atoms with Crippen LogP contribution in [-0.4, -0.2) is 6.61 Å². The Hall–Kier alpha value is -2.67. The predicted molar refractivity (Wildman–Crippen MR) is 99.7 cm³/mol. The summed E-state index contributed by atoms with van der Waals surface area (Å²) in [5.41, 5.74) is 0.0505. The van der Waals surface area contributed by atoms with Crippen LogP contribution >= 0.6 is 11.6 Å². The van der Waals surface area contributed by atoms with E-state index in [-0.39, 0.29) is 16.7 Å². The maximum absolute atomic E-state index is 13.6. The largest absolute Gasteiger partial charge is 0.494 e. The van der Waals surface area contributed by atoms with Gasteiger partial charge in [0, 0.05) is 11.1 Å². The second-order valence-electron chi connectivity index (χ2n) is 6.15. The van der Waals surface area contributed by atoms with Gasteiger partial charge in [0.05, 0.1) is 12.0 Å². The number of aryl methyl sites for hydroxylation is 2. The third-order valence-electron chi connectivity index (χ3n) is 4.02. The Morgan fingerprint density at radius 1 is 1.07 bits per heavy atom. The van der Waals surface area contributed by atoms with Gasteiger partial charge >= 0.3 is 6.18 Å². The summed E-state index contributed by atoms with van der Waals surface area (Å²) in [6.45, 7) is 5.42. The Balaban J connectivity index is 2.22. The Bertz CT molecular complexity index is 1080. The minimum absolute atomic E-state index is 0.0474. The van der Waals surface area contributed by atoms with Crippen LogP contribution < -0.4 is 14.9 Å². The average molecular weight is 413 g/mol. The van der Waals surface area contributed by atoms with Gasteiger partial charge in [-0.3, -0.25) is 4.79 Å². The van der Waals surface area contributed by atoms with E-state index in [0.717, 1.165) is 0 Å². The van der Waals surface area contributed by atoms with Crippen molar-refractivity contribution in [1.29, 1.82) is 0 Å². The second kappa shape index (κ2) is 7.39.